The molecule has 3 aliphatic rings. The fourth-order valence-corrected chi connectivity index (χ4v) is 6.58. The van der Waals surface area contributed by atoms with Crippen LogP contribution in [0.1, 0.15) is 64.1 Å². The number of carbonyl (C=O) groups is 1. The monoisotopic (exact) mass is 471 g/mol. The van der Waals surface area contributed by atoms with Crippen LogP contribution < -0.4 is 10.0 Å². The average molecular weight is 472 g/mol. The summed E-state index contributed by atoms with van der Waals surface area (Å²) in [5, 5.41) is 14.0. The van der Waals surface area contributed by atoms with Crippen molar-refractivity contribution < 1.29 is 9.53 Å². The molecule has 0 saturated carbocycles. The van der Waals surface area contributed by atoms with Gasteiger partial charge in [-0.3, -0.25) is 5.10 Å². The van der Waals surface area contributed by atoms with E-state index in [9.17, 15) is 4.79 Å². The first-order valence-corrected chi connectivity index (χ1v) is 13.1. The number of aromatic amines is 1. The first kappa shape index (κ1) is 22.1. The first-order valence-electron chi connectivity index (χ1n) is 11.7. The number of aromatic nitrogens is 4. The van der Waals surface area contributed by atoms with Gasteiger partial charge in [-0.05, 0) is 71.3 Å². The van der Waals surface area contributed by atoms with Gasteiger partial charge in [0.1, 0.15) is 10.6 Å². The molecule has 9 nitrogen and oxygen atoms in total. The summed E-state index contributed by atoms with van der Waals surface area (Å²) < 4.78 is 9.18. The summed E-state index contributed by atoms with van der Waals surface area (Å²) in [6.07, 6.45) is 8.73. The van der Waals surface area contributed by atoms with Crippen LogP contribution in [0, 0.1) is 6.92 Å². The smallest absolute Gasteiger partial charge is 0.410 e. The second kappa shape index (κ2) is 8.55. The van der Waals surface area contributed by atoms with Crippen molar-refractivity contribution in [3.63, 3.8) is 0 Å². The highest BCUT2D eigenvalue weighted by Crippen LogP contribution is 2.44. The Labute approximate surface area is 197 Å². The molecule has 5 rings (SSSR count). The molecule has 0 aromatic carbocycles. The van der Waals surface area contributed by atoms with Crippen molar-refractivity contribution in [2.75, 3.05) is 10.0 Å². The number of fused-ring (bicyclic) bond motifs is 3. The van der Waals surface area contributed by atoms with E-state index in [2.05, 4.69) is 36.7 Å². The van der Waals surface area contributed by atoms with E-state index in [1.807, 2.05) is 44.9 Å². The second-order valence-electron chi connectivity index (χ2n) is 10.1. The summed E-state index contributed by atoms with van der Waals surface area (Å²) in [6.45, 7) is 7.75. The Balaban J connectivity index is 1.26. The van der Waals surface area contributed by atoms with Crippen molar-refractivity contribution in [3.8, 4) is 0 Å². The Morgan fingerprint density at radius 1 is 1.27 bits per heavy atom. The van der Waals surface area contributed by atoms with Crippen LogP contribution in [0.15, 0.2) is 22.7 Å². The minimum absolute atomic E-state index is 0.180. The topological polar surface area (TPSA) is 108 Å². The van der Waals surface area contributed by atoms with Gasteiger partial charge in [0.25, 0.3) is 0 Å². The molecule has 2 bridgehead atoms. The Hall–Kier alpha value is -2.75. The third kappa shape index (κ3) is 4.80. The van der Waals surface area contributed by atoms with E-state index in [0.717, 1.165) is 54.2 Å². The molecule has 0 radical (unpaired) electrons. The van der Waals surface area contributed by atoms with Gasteiger partial charge in [-0.15, -0.1) is 11.1 Å². The van der Waals surface area contributed by atoms with E-state index in [1.54, 1.807) is 0 Å². The summed E-state index contributed by atoms with van der Waals surface area (Å²) in [5.74, 6) is 1.48. The molecular weight excluding hydrogens is 438 g/mol. The van der Waals surface area contributed by atoms with Crippen molar-refractivity contribution in [2.24, 2.45) is 0 Å². The molecule has 5 heterocycles. The molecule has 2 saturated heterocycles. The van der Waals surface area contributed by atoms with Crippen LogP contribution in [0.5, 0.6) is 0 Å². The van der Waals surface area contributed by atoms with E-state index in [4.69, 9.17) is 9.72 Å². The fourth-order valence-electron chi connectivity index (χ4n) is 4.97. The molecule has 2 aromatic heterocycles. The number of piperidine rings is 2. The number of amides is 1. The zero-order valence-electron chi connectivity index (χ0n) is 19.6. The largest absolute Gasteiger partial charge is 0.444 e. The van der Waals surface area contributed by atoms with Gasteiger partial charge >= 0.3 is 6.09 Å². The lowest BCUT2D eigenvalue weighted by molar-refractivity contribution is -0.0199. The normalized spacial score (nSPS) is 27.2. The minimum atomic E-state index is -0.776. The van der Waals surface area contributed by atoms with E-state index in [-0.39, 0.29) is 24.2 Å². The Bertz CT molecular complexity index is 1050. The highest BCUT2D eigenvalue weighted by Gasteiger charge is 2.42. The predicted octanol–water partition coefficient (Wildman–Crippen LogP) is 4.61. The van der Waals surface area contributed by atoms with Crippen LogP contribution in [0.3, 0.4) is 0 Å². The van der Waals surface area contributed by atoms with Crippen molar-refractivity contribution >= 4 is 35.0 Å². The predicted molar refractivity (Wildman–Crippen MR) is 131 cm³/mol. The van der Waals surface area contributed by atoms with Crippen LogP contribution in [0.4, 0.5) is 16.6 Å². The van der Waals surface area contributed by atoms with Gasteiger partial charge in [0.2, 0.25) is 5.95 Å². The van der Waals surface area contributed by atoms with Crippen molar-refractivity contribution in [1.29, 1.82) is 0 Å². The molecule has 3 atom stereocenters. The van der Waals surface area contributed by atoms with E-state index >= 15 is 0 Å². The third-order valence-electron chi connectivity index (χ3n) is 6.28. The third-order valence-corrected chi connectivity index (χ3v) is 8.01. The number of aryl methyl sites for hydroxylation is 1. The molecule has 33 heavy (non-hydrogen) atoms. The van der Waals surface area contributed by atoms with Crippen molar-refractivity contribution in [3.05, 3.63) is 28.9 Å². The average Bonchev–Trinajstić information content (AvgIpc) is 3.32. The lowest BCUT2D eigenvalue weighted by Gasteiger charge is -2.48. The summed E-state index contributed by atoms with van der Waals surface area (Å²) in [5.41, 5.74) is 1.58. The standard InChI is InChI=1S/C23H33N7O2S/c1-14-10-19(28-27-14)29-33-9-8-15-13-24-21(26-20(15)33)25-16-11-17-6-5-7-18(12-16)30(17)22(31)32-23(2,3)4/h8-10,13,16-18,33H,5-7,11-12H2,1-4H3,(H,24,25,26)(H2,27,28,29). The summed E-state index contributed by atoms with van der Waals surface area (Å²) >= 11 is -0.776. The molecule has 178 valence electrons. The molecule has 3 unspecified atom stereocenters. The number of hydrogen-bond acceptors (Lipinski definition) is 7. The number of ether oxygens (including phenoxy) is 1. The number of thiol groups is 1. The SMILES string of the molecule is Cc1cc(N[SH]2C=Cc3cnc(NC4CC5CCCC(C4)N5C(=O)OC(C)(C)C)nc32)n[nH]1. The quantitative estimate of drug-likeness (QED) is 0.381. The minimum Gasteiger partial charge on any atom is -0.444 e. The molecule has 2 aromatic rings. The zero-order chi connectivity index (χ0) is 23.2. The number of hydrogen-bond donors (Lipinski definition) is 4. The van der Waals surface area contributed by atoms with Crippen LogP contribution in [0.2, 0.25) is 0 Å². The van der Waals surface area contributed by atoms with Crippen LogP contribution in [-0.2, 0) is 4.74 Å². The molecular formula is C23H33N7O2S. The van der Waals surface area contributed by atoms with Crippen molar-refractivity contribution in [2.45, 2.75) is 88.6 Å². The number of carbonyl (C=O) groups excluding carboxylic acids is 1. The number of rotatable bonds is 4. The number of anilines is 2. The molecule has 10 heteroatoms. The summed E-state index contributed by atoms with van der Waals surface area (Å²) in [6, 6.07) is 2.62. The van der Waals surface area contributed by atoms with Crippen LogP contribution >= 0.6 is 11.1 Å². The Morgan fingerprint density at radius 3 is 2.70 bits per heavy atom. The van der Waals surface area contributed by atoms with Gasteiger partial charge in [0.05, 0.1) is 0 Å². The first-order chi connectivity index (χ1) is 15.7. The molecule has 0 spiro atoms. The summed E-state index contributed by atoms with van der Waals surface area (Å²) in [4.78, 5) is 24.3. The maximum Gasteiger partial charge on any atom is 0.410 e. The molecule has 2 fully saturated rings. The van der Waals surface area contributed by atoms with Gasteiger partial charge in [-0.1, -0.05) is 0 Å². The zero-order valence-corrected chi connectivity index (χ0v) is 20.5. The van der Waals surface area contributed by atoms with E-state index in [0.29, 0.717) is 5.95 Å². The maximum absolute atomic E-state index is 12.8. The van der Waals surface area contributed by atoms with E-state index in [1.165, 1.54) is 0 Å². The lowest BCUT2D eigenvalue weighted by Crippen LogP contribution is -2.58. The van der Waals surface area contributed by atoms with Gasteiger partial charge < -0.3 is 19.7 Å². The molecule has 0 aliphatic carbocycles. The Kier molecular flexibility index (Phi) is 5.72. The molecule has 3 N–H and O–H groups in total. The lowest BCUT2D eigenvalue weighted by atomic mass is 9.82. The second-order valence-corrected chi connectivity index (χ2v) is 11.8. The maximum atomic E-state index is 12.8. The van der Waals surface area contributed by atoms with Gasteiger partial charge in [-0.2, -0.15) is 5.10 Å². The highest BCUT2D eigenvalue weighted by molar-refractivity contribution is 8.21. The fraction of sp³-hybridized carbons (Fsp3) is 0.565. The van der Waals surface area contributed by atoms with Crippen LogP contribution in [0.25, 0.3) is 6.08 Å². The summed E-state index contributed by atoms with van der Waals surface area (Å²) in [7, 11) is 0. The van der Waals surface area contributed by atoms with E-state index < -0.39 is 16.7 Å². The number of nitrogens with one attached hydrogen (secondary N) is 3. The van der Waals surface area contributed by atoms with Gasteiger partial charge in [0, 0.05) is 41.6 Å². The number of H-pyrrole nitrogens is 1. The van der Waals surface area contributed by atoms with Crippen LogP contribution in [-0.4, -0.2) is 54.9 Å². The molecule has 1 amide bonds. The van der Waals surface area contributed by atoms with Gasteiger partial charge in [-0.25, -0.2) is 14.8 Å². The highest BCUT2D eigenvalue weighted by atomic mass is 32.2. The van der Waals surface area contributed by atoms with Gasteiger partial charge in [0.15, 0.2) is 5.82 Å². The number of nitrogens with zero attached hydrogens (tertiary/aromatic N) is 4. The molecule has 3 aliphatic heterocycles. The van der Waals surface area contributed by atoms with Crippen molar-refractivity contribution in [1.82, 2.24) is 25.1 Å². The Morgan fingerprint density at radius 2 is 2.03 bits per heavy atom.